The smallest absolute Gasteiger partial charge is 0.255 e. The molecule has 104 valence electrons. The van der Waals surface area contributed by atoms with Gasteiger partial charge in [0.2, 0.25) is 0 Å². The second-order valence-electron chi connectivity index (χ2n) is 4.76. The summed E-state index contributed by atoms with van der Waals surface area (Å²) in [6, 6.07) is 14.9. The molecule has 20 heavy (non-hydrogen) atoms. The summed E-state index contributed by atoms with van der Waals surface area (Å²) >= 11 is 0. The second-order valence-corrected chi connectivity index (χ2v) is 4.76. The molecule has 1 amide bonds. The fourth-order valence-electron chi connectivity index (χ4n) is 2.06. The fraction of sp³-hybridized carbons (Fsp3) is 0.235. The molecule has 0 radical (unpaired) electrons. The minimum absolute atomic E-state index is 0.0323. The van der Waals surface area contributed by atoms with Gasteiger partial charge in [0.05, 0.1) is 6.61 Å². The van der Waals surface area contributed by atoms with E-state index in [4.69, 9.17) is 5.11 Å². The number of aliphatic hydroxyl groups is 1. The molecule has 0 aliphatic heterocycles. The van der Waals surface area contributed by atoms with Crippen LogP contribution in [0.4, 0.5) is 5.69 Å². The Morgan fingerprint density at radius 2 is 1.85 bits per heavy atom. The molecule has 0 aromatic heterocycles. The number of benzene rings is 2. The maximum Gasteiger partial charge on any atom is 0.255 e. The van der Waals surface area contributed by atoms with Crippen molar-refractivity contribution in [3.8, 4) is 0 Å². The maximum atomic E-state index is 12.1. The Balaban J connectivity index is 2.07. The van der Waals surface area contributed by atoms with Crippen molar-refractivity contribution in [3.05, 3.63) is 65.2 Å². The van der Waals surface area contributed by atoms with Crippen LogP contribution in [0.15, 0.2) is 48.5 Å². The maximum absolute atomic E-state index is 12.1. The van der Waals surface area contributed by atoms with E-state index in [0.717, 1.165) is 18.4 Å². The van der Waals surface area contributed by atoms with Gasteiger partial charge in [0.1, 0.15) is 0 Å². The Kier molecular flexibility index (Phi) is 4.91. The van der Waals surface area contributed by atoms with Crippen LogP contribution < -0.4 is 5.32 Å². The first-order valence-corrected chi connectivity index (χ1v) is 6.83. The van der Waals surface area contributed by atoms with Crippen molar-refractivity contribution in [1.82, 2.24) is 0 Å². The van der Waals surface area contributed by atoms with Crippen LogP contribution in [-0.2, 0) is 13.0 Å². The van der Waals surface area contributed by atoms with E-state index in [9.17, 15) is 4.79 Å². The Morgan fingerprint density at radius 1 is 1.10 bits per heavy atom. The number of nitrogens with one attached hydrogen (secondary N) is 1. The number of hydrogen-bond acceptors (Lipinski definition) is 2. The van der Waals surface area contributed by atoms with Crippen molar-refractivity contribution in [2.45, 2.75) is 26.4 Å². The minimum Gasteiger partial charge on any atom is -0.392 e. The normalized spacial score (nSPS) is 10.3. The molecule has 0 fully saturated rings. The van der Waals surface area contributed by atoms with Gasteiger partial charge in [-0.3, -0.25) is 4.79 Å². The molecule has 3 nitrogen and oxygen atoms in total. The van der Waals surface area contributed by atoms with Crippen molar-refractivity contribution in [1.29, 1.82) is 0 Å². The molecule has 3 heteroatoms. The van der Waals surface area contributed by atoms with Gasteiger partial charge < -0.3 is 10.4 Å². The topological polar surface area (TPSA) is 49.3 Å². The van der Waals surface area contributed by atoms with Crippen molar-refractivity contribution in [2.75, 3.05) is 5.32 Å². The Hall–Kier alpha value is -2.13. The van der Waals surface area contributed by atoms with Crippen LogP contribution in [0.1, 0.15) is 34.8 Å². The zero-order valence-corrected chi connectivity index (χ0v) is 11.6. The summed E-state index contributed by atoms with van der Waals surface area (Å²) in [6.45, 7) is 2.10. The highest BCUT2D eigenvalue weighted by Crippen LogP contribution is 2.13. The first-order valence-electron chi connectivity index (χ1n) is 6.83. The van der Waals surface area contributed by atoms with Crippen molar-refractivity contribution >= 4 is 11.6 Å². The van der Waals surface area contributed by atoms with E-state index in [0.29, 0.717) is 11.3 Å². The molecule has 0 bridgehead atoms. The zero-order valence-electron chi connectivity index (χ0n) is 11.6. The molecule has 0 aliphatic rings. The molecule has 0 saturated carbocycles. The zero-order chi connectivity index (χ0) is 14.4. The van der Waals surface area contributed by atoms with E-state index < -0.39 is 0 Å². The molecule has 0 aliphatic carbocycles. The monoisotopic (exact) mass is 269 g/mol. The van der Waals surface area contributed by atoms with E-state index in [1.54, 1.807) is 6.07 Å². The van der Waals surface area contributed by atoms with Gasteiger partial charge in [0.25, 0.3) is 5.91 Å². The summed E-state index contributed by atoms with van der Waals surface area (Å²) in [5.74, 6) is -0.136. The quantitative estimate of drug-likeness (QED) is 0.874. The third-order valence-electron chi connectivity index (χ3n) is 3.12. The molecular weight excluding hydrogens is 250 g/mol. The molecule has 2 aromatic rings. The van der Waals surface area contributed by atoms with Crippen LogP contribution >= 0.6 is 0 Å². The van der Waals surface area contributed by atoms with Gasteiger partial charge in [-0.2, -0.15) is 0 Å². The SMILES string of the molecule is CCCc1ccc(C(=O)Nc2cccc(CO)c2)cc1. The Morgan fingerprint density at radius 3 is 2.50 bits per heavy atom. The van der Waals surface area contributed by atoms with Gasteiger partial charge >= 0.3 is 0 Å². The first kappa shape index (κ1) is 14.3. The molecular formula is C17H19NO2. The van der Waals surface area contributed by atoms with Gasteiger partial charge in [-0.1, -0.05) is 37.6 Å². The Labute approximate surface area is 119 Å². The summed E-state index contributed by atoms with van der Waals surface area (Å²) in [5, 5.41) is 11.9. The highest BCUT2D eigenvalue weighted by molar-refractivity contribution is 6.04. The van der Waals surface area contributed by atoms with Crippen LogP contribution in [0.5, 0.6) is 0 Å². The molecule has 2 N–H and O–H groups in total. The van der Waals surface area contributed by atoms with E-state index >= 15 is 0 Å². The molecule has 0 spiro atoms. The predicted octanol–water partition coefficient (Wildman–Crippen LogP) is 3.38. The third kappa shape index (κ3) is 3.68. The second kappa shape index (κ2) is 6.87. The summed E-state index contributed by atoms with van der Waals surface area (Å²) in [7, 11) is 0. The number of carbonyl (C=O) groups excluding carboxylic acids is 1. The van der Waals surface area contributed by atoms with E-state index in [1.807, 2.05) is 42.5 Å². The highest BCUT2D eigenvalue weighted by atomic mass is 16.3. The van der Waals surface area contributed by atoms with Crippen molar-refractivity contribution < 1.29 is 9.90 Å². The lowest BCUT2D eigenvalue weighted by Crippen LogP contribution is -2.12. The summed E-state index contributed by atoms with van der Waals surface area (Å²) < 4.78 is 0. The van der Waals surface area contributed by atoms with E-state index in [-0.39, 0.29) is 12.5 Å². The van der Waals surface area contributed by atoms with Gasteiger partial charge in [-0.15, -0.1) is 0 Å². The number of aliphatic hydroxyl groups excluding tert-OH is 1. The molecule has 0 heterocycles. The average Bonchev–Trinajstić information content (AvgIpc) is 2.48. The van der Waals surface area contributed by atoms with Gasteiger partial charge in [-0.05, 0) is 41.8 Å². The number of aryl methyl sites for hydroxylation is 1. The number of amides is 1. The lowest BCUT2D eigenvalue weighted by molar-refractivity contribution is 0.102. The largest absolute Gasteiger partial charge is 0.392 e. The molecule has 0 saturated heterocycles. The fourth-order valence-corrected chi connectivity index (χ4v) is 2.06. The van der Waals surface area contributed by atoms with Crippen LogP contribution in [0.2, 0.25) is 0 Å². The standard InChI is InChI=1S/C17H19NO2/c1-2-4-13-7-9-15(10-8-13)17(20)18-16-6-3-5-14(11-16)12-19/h3,5-11,19H,2,4,12H2,1H3,(H,18,20). The van der Waals surface area contributed by atoms with Crippen LogP contribution in [0.25, 0.3) is 0 Å². The lowest BCUT2D eigenvalue weighted by Gasteiger charge is -2.07. The predicted molar refractivity (Wildman–Crippen MR) is 80.8 cm³/mol. The highest BCUT2D eigenvalue weighted by Gasteiger charge is 2.06. The molecule has 0 atom stereocenters. The van der Waals surface area contributed by atoms with Crippen molar-refractivity contribution in [3.63, 3.8) is 0 Å². The first-order chi connectivity index (χ1) is 9.72. The summed E-state index contributed by atoms with van der Waals surface area (Å²) in [5.41, 5.74) is 3.35. The van der Waals surface area contributed by atoms with Gasteiger partial charge in [0, 0.05) is 11.3 Å². The number of carbonyl (C=O) groups is 1. The Bertz CT molecular complexity index is 576. The van der Waals surface area contributed by atoms with Gasteiger partial charge in [-0.25, -0.2) is 0 Å². The third-order valence-corrected chi connectivity index (χ3v) is 3.12. The van der Waals surface area contributed by atoms with E-state index in [1.165, 1.54) is 5.56 Å². The summed E-state index contributed by atoms with van der Waals surface area (Å²) in [6.07, 6.45) is 2.12. The van der Waals surface area contributed by atoms with E-state index in [2.05, 4.69) is 12.2 Å². The molecule has 2 rings (SSSR count). The number of anilines is 1. The van der Waals surface area contributed by atoms with Crippen molar-refractivity contribution in [2.24, 2.45) is 0 Å². The minimum atomic E-state index is -0.136. The number of hydrogen-bond donors (Lipinski definition) is 2. The number of rotatable bonds is 5. The van der Waals surface area contributed by atoms with Crippen LogP contribution in [0, 0.1) is 0 Å². The molecule has 0 unspecified atom stereocenters. The average molecular weight is 269 g/mol. The lowest BCUT2D eigenvalue weighted by atomic mass is 10.1. The molecule has 2 aromatic carbocycles. The van der Waals surface area contributed by atoms with Crippen LogP contribution in [-0.4, -0.2) is 11.0 Å². The van der Waals surface area contributed by atoms with Gasteiger partial charge in [0.15, 0.2) is 0 Å². The summed E-state index contributed by atoms with van der Waals surface area (Å²) in [4.78, 5) is 12.1. The van der Waals surface area contributed by atoms with Crippen LogP contribution in [0.3, 0.4) is 0 Å².